The summed E-state index contributed by atoms with van der Waals surface area (Å²) in [4.78, 5) is 30.5. The third kappa shape index (κ3) is 5.74. The van der Waals surface area contributed by atoms with E-state index < -0.39 is 0 Å². The first-order valence-electron chi connectivity index (χ1n) is 16.5. The first kappa shape index (κ1) is 31.2. The first-order valence-corrected chi connectivity index (χ1v) is 17.7. The Kier molecular flexibility index (Phi) is 8.65. The van der Waals surface area contributed by atoms with E-state index in [-0.39, 0.29) is 5.91 Å². The van der Waals surface area contributed by atoms with Crippen LogP contribution in [0.5, 0.6) is 0 Å². The summed E-state index contributed by atoms with van der Waals surface area (Å²) in [5.41, 5.74) is 13.5. The maximum Gasteiger partial charge on any atom is 0.253 e. The molecule has 2 heterocycles. The molecule has 7 rings (SSSR count). The molecule has 5 aromatic rings. The number of carbonyl (C=O) groups is 2. The van der Waals surface area contributed by atoms with Gasteiger partial charge in [0.2, 0.25) is 0 Å². The summed E-state index contributed by atoms with van der Waals surface area (Å²) >= 11 is 1.70. The van der Waals surface area contributed by atoms with E-state index in [0.29, 0.717) is 19.5 Å². The summed E-state index contributed by atoms with van der Waals surface area (Å²) in [5.74, 6) is 0.0946. The van der Waals surface area contributed by atoms with Gasteiger partial charge in [0.05, 0.1) is 12.2 Å². The number of rotatable bonds is 7. The summed E-state index contributed by atoms with van der Waals surface area (Å²) in [6.07, 6.45) is 3.49. The molecule has 6 heteroatoms. The van der Waals surface area contributed by atoms with Gasteiger partial charge in [-0.05, 0) is 88.2 Å². The summed E-state index contributed by atoms with van der Waals surface area (Å²) in [5, 5.41) is 2.57. The number of aldehydes is 1. The molecule has 0 atom stereocenters. The lowest BCUT2D eigenvalue weighted by atomic mass is 9.80. The molecule has 0 spiro atoms. The van der Waals surface area contributed by atoms with Gasteiger partial charge in [0.15, 0.2) is 0 Å². The number of aryl methyl sites for hydroxylation is 1. The second-order valence-electron chi connectivity index (χ2n) is 12.9. The lowest BCUT2D eigenvalue weighted by Crippen LogP contribution is -2.48. The van der Waals surface area contributed by atoms with Crippen LogP contribution in [0.1, 0.15) is 43.7 Å². The number of hydrogen-bond donors (Lipinski definition) is 0. The monoisotopic (exact) mass is 639 g/mol. The minimum absolute atomic E-state index is 0.0946. The van der Waals surface area contributed by atoms with Crippen LogP contribution in [-0.4, -0.2) is 54.4 Å². The molecule has 0 radical (unpaired) electrons. The first-order chi connectivity index (χ1) is 22.9. The van der Waals surface area contributed by atoms with Gasteiger partial charge in [0, 0.05) is 56.5 Å². The molecule has 2 aliphatic rings. The zero-order valence-corrected chi connectivity index (χ0v) is 28.5. The minimum Gasteiger partial charge on any atom is -0.336 e. The van der Waals surface area contributed by atoms with Crippen molar-refractivity contribution in [1.82, 2.24) is 9.80 Å². The summed E-state index contributed by atoms with van der Waals surface area (Å²) in [7, 11) is 0. The van der Waals surface area contributed by atoms with Gasteiger partial charge in [-0.2, -0.15) is 0 Å². The zero-order valence-electron chi connectivity index (χ0n) is 27.7. The van der Waals surface area contributed by atoms with Crippen molar-refractivity contribution in [2.75, 3.05) is 36.7 Å². The normalized spacial score (nSPS) is 14.6. The molecule has 5 nitrogen and oxygen atoms in total. The summed E-state index contributed by atoms with van der Waals surface area (Å²) in [6, 6.07) is 30.0. The molecule has 5 aromatic carbocycles. The average Bonchev–Trinajstić information content (AvgIpc) is 3.10. The number of amides is 1. The van der Waals surface area contributed by atoms with Crippen molar-refractivity contribution in [3.05, 3.63) is 124 Å². The van der Waals surface area contributed by atoms with E-state index in [4.69, 9.17) is 0 Å². The highest BCUT2D eigenvalue weighted by Gasteiger charge is 2.31. The van der Waals surface area contributed by atoms with Crippen LogP contribution in [-0.2, 0) is 24.3 Å². The van der Waals surface area contributed by atoms with Crippen LogP contribution in [0, 0.1) is 20.8 Å². The molecule has 0 saturated carbocycles. The quantitative estimate of drug-likeness (QED) is 0.132. The van der Waals surface area contributed by atoms with Crippen molar-refractivity contribution < 1.29 is 9.59 Å². The number of hydrogen-bond acceptors (Lipinski definition) is 5. The van der Waals surface area contributed by atoms with Crippen molar-refractivity contribution in [2.24, 2.45) is 0 Å². The molecule has 0 aromatic heterocycles. The fourth-order valence-electron chi connectivity index (χ4n) is 7.57. The van der Waals surface area contributed by atoms with Gasteiger partial charge in [0.25, 0.3) is 5.91 Å². The molecule has 1 amide bonds. The second-order valence-corrected chi connectivity index (χ2v) is 13.7. The number of nitrogens with zero attached hydrogens (tertiary/aromatic N) is 3. The van der Waals surface area contributed by atoms with Crippen LogP contribution >= 0.6 is 11.9 Å². The Morgan fingerprint density at radius 2 is 1.57 bits per heavy atom. The van der Waals surface area contributed by atoms with E-state index in [9.17, 15) is 9.59 Å². The van der Waals surface area contributed by atoms with Gasteiger partial charge in [-0.1, -0.05) is 90.3 Å². The van der Waals surface area contributed by atoms with E-state index in [1.54, 1.807) is 11.9 Å². The fourth-order valence-corrected chi connectivity index (χ4v) is 8.25. The predicted octanol–water partition coefficient (Wildman–Crippen LogP) is 8.40. The number of fused-ring (bicyclic) bond motifs is 4. The Morgan fingerprint density at radius 3 is 2.32 bits per heavy atom. The highest BCUT2D eigenvalue weighted by molar-refractivity contribution is 7.99. The standard InChI is InChI=1S/C41H41N3O2S/c1-27-12-14-31(15-13-27)38-29(3)39-37-24-32(16-17-34(37)26-44(47-4)40(39)28(2)35(38)18-23-45)41(46)43-21-19-42(20-22-43)25-33-10-7-9-30-8-5-6-11-36(30)33/h5-17,23-24H,18-22,25-26H2,1-4H3. The SMILES string of the molecule is CSN1Cc2ccc(C(=O)N3CCN(Cc4cccc5ccccc45)CC3)cc2-c2c(C)c(-c3ccc(C)cc3)c(CC=O)c(C)c21. The largest absolute Gasteiger partial charge is 0.336 e. The van der Waals surface area contributed by atoms with E-state index in [1.807, 2.05) is 11.0 Å². The molecule has 0 unspecified atom stereocenters. The third-order valence-electron chi connectivity index (χ3n) is 10.1. The molecular formula is C41H41N3O2S. The number of piperazine rings is 1. The highest BCUT2D eigenvalue weighted by Crippen LogP contribution is 2.50. The molecular weight excluding hydrogens is 599 g/mol. The van der Waals surface area contributed by atoms with Crippen LogP contribution in [0.3, 0.4) is 0 Å². The molecule has 1 fully saturated rings. The number of carbonyl (C=O) groups excluding carboxylic acids is 2. The van der Waals surface area contributed by atoms with Crippen LogP contribution in [0.4, 0.5) is 5.69 Å². The van der Waals surface area contributed by atoms with E-state index >= 15 is 0 Å². The molecule has 2 aliphatic heterocycles. The highest BCUT2D eigenvalue weighted by atomic mass is 32.2. The molecule has 238 valence electrons. The predicted molar refractivity (Wildman–Crippen MR) is 196 cm³/mol. The Labute approximate surface area is 282 Å². The van der Waals surface area contributed by atoms with Gasteiger partial charge in [0.1, 0.15) is 6.29 Å². The van der Waals surface area contributed by atoms with Crippen LogP contribution in [0.2, 0.25) is 0 Å². The van der Waals surface area contributed by atoms with E-state index in [1.165, 1.54) is 27.5 Å². The van der Waals surface area contributed by atoms with Crippen molar-refractivity contribution in [2.45, 2.75) is 40.3 Å². The van der Waals surface area contributed by atoms with Crippen LogP contribution in [0.15, 0.2) is 84.9 Å². The zero-order chi connectivity index (χ0) is 32.7. The molecule has 47 heavy (non-hydrogen) atoms. The number of benzene rings is 5. The molecule has 0 bridgehead atoms. The minimum atomic E-state index is 0.0946. The topological polar surface area (TPSA) is 43.9 Å². The fraction of sp³-hybridized carbons (Fsp3) is 0.268. The third-order valence-corrected chi connectivity index (χ3v) is 10.8. The van der Waals surface area contributed by atoms with Crippen molar-refractivity contribution in [3.63, 3.8) is 0 Å². The van der Waals surface area contributed by atoms with Crippen LogP contribution < -0.4 is 4.31 Å². The van der Waals surface area contributed by atoms with Crippen molar-refractivity contribution in [1.29, 1.82) is 0 Å². The smallest absolute Gasteiger partial charge is 0.253 e. The molecule has 1 saturated heterocycles. The second kappa shape index (κ2) is 13.0. The summed E-state index contributed by atoms with van der Waals surface area (Å²) < 4.78 is 2.34. The van der Waals surface area contributed by atoms with Gasteiger partial charge < -0.3 is 14.0 Å². The van der Waals surface area contributed by atoms with E-state index in [2.05, 4.69) is 115 Å². The summed E-state index contributed by atoms with van der Waals surface area (Å²) in [6.45, 7) is 11.2. The van der Waals surface area contributed by atoms with E-state index in [0.717, 1.165) is 82.7 Å². The van der Waals surface area contributed by atoms with Gasteiger partial charge in [-0.3, -0.25) is 9.69 Å². The molecule has 0 N–H and O–H groups in total. The van der Waals surface area contributed by atoms with Crippen LogP contribution in [0.25, 0.3) is 33.0 Å². The van der Waals surface area contributed by atoms with Gasteiger partial charge in [-0.15, -0.1) is 0 Å². The maximum absolute atomic E-state index is 14.0. The Hall–Kier alpha value is -4.39. The lowest BCUT2D eigenvalue weighted by molar-refractivity contribution is -0.107. The number of anilines is 1. The van der Waals surface area contributed by atoms with Crippen molar-refractivity contribution >= 4 is 40.6 Å². The Bertz CT molecular complexity index is 1990. The van der Waals surface area contributed by atoms with Gasteiger partial charge in [-0.25, -0.2) is 0 Å². The lowest BCUT2D eigenvalue weighted by Gasteiger charge is -2.37. The van der Waals surface area contributed by atoms with Gasteiger partial charge >= 0.3 is 0 Å². The van der Waals surface area contributed by atoms with Crippen molar-refractivity contribution in [3.8, 4) is 22.3 Å². The average molecular weight is 640 g/mol. The maximum atomic E-state index is 14.0. The Morgan fingerprint density at radius 1 is 0.830 bits per heavy atom. The molecule has 0 aliphatic carbocycles. The Balaban J connectivity index is 1.20.